The van der Waals surface area contributed by atoms with Gasteiger partial charge in [0.25, 0.3) is 5.56 Å². The van der Waals surface area contributed by atoms with Gasteiger partial charge < -0.3 is 0 Å². The van der Waals surface area contributed by atoms with Gasteiger partial charge in [0, 0.05) is 36.6 Å². The van der Waals surface area contributed by atoms with Gasteiger partial charge in [0.15, 0.2) is 0 Å². The Morgan fingerprint density at radius 2 is 1.72 bits per heavy atom. The first-order chi connectivity index (χ1) is 17.3. The van der Waals surface area contributed by atoms with E-state index >= 15 is 0 Å². The average molecular weight is 492 g/mol. The number of hydrogen-bond acceptors (Lipinski definition) is 5. The molecule has 0 aliphatic carbocycles. The maximum Gasteiger partial charge on any atom is 0.416 e. The highest BCUT2D eigenvalue weighted by Crippen LogP contribution is 2.34. The molecule has 1 aliphatic rings. The fourth-order valence-corrected chi connectivity index (χ4v) is 4.43. The van der Waals surface area contributed by atoms with E-state index in [1.54, 1.807) is 34.9 Å². The van der Waals surface area contributed by atoms with Crippen LogP contribution in [0.4, 0.5) is 24.8 Å². The van der Waals surface area contributed by atoms with Gasteiger partial charge in [-0.15, -0.1) is 0 Å². The van der Waals surface area contributed by atoms with Crippen LogP contribution >= 0.6 is 0 Å². The Balaban J connectivity index is 1.60. The molecule has 184 valence electrons. The summed E-state index contributed by atoms with van der Waals surface area (Å²) in [6.07, 6.45) is -0.646. The Kier molecular flexibility index (Phi) is 6.32. The largest absolute Gasteiger partial charge is 0.416 e. The summed E-state index contributed by atoms with van der Waals surface area (Å²) >= 11 is 0. The predicted octanol–water partition coefficient (Wildman–Crippen LogP) is 5.13. The van der Waals surface area contributed by atoms with Crippen LogP contribution in [0.15, 0.2) is 83.9 Å². The fourth-order valence-electron chi connectivity index (χ4n) is 4.43. The minimum Gasteiger partial charge on any atom is -0.298 e. The van der Waals surface area contributed by atoms with Crippen molar-refractivity contribution in [1.29, 1.82) is 0 Å². The number of aromatic nitrogens is 3. The molecular formula is C27H24F3N5O. The van der Waals surface area contributed by atoms with Crippen LogP contribution in [0.3, 0.4) is 0 Å². The van der Waals surface area contributed by atoms with Crippen LogP contribution in [-0.4, -0.2) is 26.1 Å². The standard InChI is InChI=1S/C27H24F3N5O/c1-19-24(13-20-7-3-2-4-8-20)25(36)35-18-33(16-21-9-6-12-31-15-21)17-34(26(35)32-19)23-11-5-10-22(14-23)27(28,29)30/h2-12,14-15H,13,16-18H2,1H3. The Morgan fingerprint density at radius 1 is 0.944 bits per heavy atom. The number of pyridine rings is 1. The zero-order valence-electron chi connectivity index (χ0n) is 19.6. The van der Waals surface area contributed by atoms with E-state index in [2.05, 4.69) is 4.98 Å². The van der Waals surface area contributed by atoms with Crippen molar-refractivity contribution < 1.29 is 13.2 Å². The van der Waals surface area contributed by atoms with Crippen LogP contribution in [0.5, 0.6) is 0 Å². The van der Waals surface area contributed by atoms with Crippen LogP contribution in [0.25, 0.3) is 0 Å². The molecule has 36 heavy (non-hydrogen) atoms. The third-order valence-corrected chi connectivity index (χ3v) is 6.21. The molecular weight excluding hydrogens is 467 g/mol. The number of nitrogens with zero attached hydrogens (tertiary/aromatic N) is 5. The number of fused-ring (bicyclic) bond motifs is 1. The summed E-state index contributed by atoms with van der Waals surface area (Å²) < 4.78 is 42.0. The van der Waals surface area contributed by atoms with Gasteiger partial charge in [-0.25, -0.2) is 4.98 Å². The summed E-state index contributed by atoms with van der Waals surface area (Å²) in [6.45, 7) is 2.76. The van der Waals surface area contributed by atoms with Crippen LogP contribution < -0.4 is 10.5 Å². The van der Waals surface area contributed by atoms with Crippen LogP contribution in [0.1, 0.15) is 27.9 Å². The number of halogens is 3. The molecule has 0 saturated heterocycles. The van der Waals surface area contributed by atoms with E-state index in [-0.39, 0.29) is 18.9 Å². The zero-order chi connectivity index (χ0) is 25.3. The second kappa shape index (κ2) is 9.58. The van der Waals surface area contributed by atoms with Crippen LogP contribution in [0, 0.1) is 6.92 Å². The van der Waals surface area contributed by atoms with Crippen LogP contribution in [-0.2, 0) is 25.8 Å². The molecule has 3 heterocycles. The molecule has 0 bridgehead atoms. The molecule has 2 aromatic heterocycles. The highest BCUT2D eigenvalue weighted by molar-refractivity contribution is 5.60. The van der Waals surface area contributed by atoms with Crippen LogP contribution in [0.2, 0.25) is 0 Å². The third-order valence-electron chi connectivity index (χ3n) is 6.21. The summed E-state index contributed by atoms with van der Waals surface area (Å²) in [4.78, 5) is 26.2. The highest BCUT2D eigenvalue weighted by atomic mass is 19.4. The van der Waals surface area contributed by atoms with E-state index in [1.165, 1.54) is 6.07 Å². The van der Waals surface area contributed by atoms with E-state index in [0.29, 0.717) is 35.9 Å². The summed E-state index contributed by atoms with van der Waals surface area (Å²) in [5, 5.41) is 0. The van der Waals surface area contributed by atoms with Crippen molar-refractivity contribution in [2.75, 3.05) is 11.6 Å². The first-order valence-electron chi connectivity index (χ1n) is 11.5. The molecule has 0 radical (unpaired) electrons. The van der Waals surface area contributed by atoms with Crippen molar-refractivity contribution in [2.24, 2.45) is 0 Å². The summed E-state index contributed by atoms with van der Waals surface area (Å²) in [5.41, 5.74) is 2.41. The van der Waals surface area contributed by atoms with Crippen molar-refractivity contribution >= 4 is 11.6 Å². The van der Waals surface area contributed by atoms with Gasteiger partial charge in [-0.1, -0.05) is 42.5 Å². The molecule has 0 spiro atoms. The molecule has 5 rings (SSSR count). The molecule has 2 aromatic carbocycles. The number of rotatable bonds is 5. The average Bonchev–Trinajstić information content (AvgIpc) is 2.87. The van der Waals surface area contributed by atoms with E-state index in [1.807, 2.05) is 47.4 Å². The molecule has 0 amide bonds. The summed E-state index contributed by atoms with van der Waals surface area (Å²) in [6, 6.07) is 18.5. The predicted molar refractivity (Wildman–Crippen MR) is 131 cm³/mol. The quantitative estimate of drug-likeness (QED) is 0.388. The highest BCUT2D eigenvalue weighted by Gasteiger charge is 2.33. The molecule has 0 atom stereocenters. The molecule has 0 fully saturated rings. The Bertz CT molecular complexity index is 1420. The molecule has 6 nitrogen and oxygen atoms in total. The summed E-state index contributed by atoms with van der Waals surface area (Å²) in [5.74, 6) is 0.330. The van der Waals surface area contributed by atoms with Gasteiger partial charge in [0.1, 0.15) is 0 Å². The fraction of sp³-hybridized carbons (Fsp3) is 0.222. The molecule has 0 saturated carbocycles. The second-order valence-electron chi connectivity index (χ2n) is 8.82. The third kappa shape index (κ3) is 4.87. The van der Waals surface area contributed by atoms with Crippen molar-refractivity contribution in [2.45, 2.75) is 32.7 Å². The number of alkyl halides is 3. The number of aryl methyl sites for hydroxylation is 1. The van der Waals surface area contributed by atoms with E-state index in [4.69, 9.17) is 4.98 Å². The SMILES string of the molecule is Cc1nc2n(c(=O)c1Cc1ccccc1)CN(Cc1cccnc1)CN2c1cccc(C(F)(F)F)c1. The van der Waals surface area contributed by atoms with Gasteiger partial charge in [0.05, 0.1) is 24.6 Å². The molecule has 0 unspecified atom stereocenters. The van der Waals surface area contributed by atoms with Gasteiger partial charge in [-0.2, -0.15) is 13.2 Å². The lowest BCUT2D eigenvalue weighted by Gasteiger charge is -2.38. The number of benzene rings is 2. The smallest absolute Gasteiger partial charge is 0.298 e. The van der Waals surface area contributed by atoms with E-state index in [9.17, 15) is 18.0 Å². The lowest BCUT2D eigenvalue weighted by atomic mass is 10.1. The molecule has 0 N–H and O–H groups in total. The molecule has 1 aliphatic heterocycles. The molecule has 9 heteroatoms. The Labute approximate surface area is 206 Å². The topological polar surface area (TPSA) is 54.3 Å². The lowest BCUT2D eigenvalue weighted by Crippen LogP contribution is -2.47. The summed E-state index contributed by atoms with van der Waals surface area (Å²) in [7, 11) is 0. The minimum atomic E-state index is -4.48. The van der Waals surface area contributed by atoms with E-state index < -0.39 is 11.7 Å². The van der Waals surface area contributed by atoms with Crippen molar-refractivity contribution in [1.82, 2.24) is 19.4 Å². The second-order valence-corrected chi connectivity index (χ2v) is 8.82. The van der Waals surface area contributed by atoms with E-state index in [0.717, 1.165) is 23.3 Å². The Hall–Kier alpha value is -3.98. The Morgan fingerprint density at radius 3 is 2.44 bits per heavy atom. The first-order valence-corrected chi connectivity index (χ1v) is 11.5. The monoisotopic (exact) mass is 491 g/mol. The van der Waals surface area contributed by atoms with Gasteiger partial charge >= 0.3 is 6.18 Å². The number of anilines is 2. The molecule has 4 aromatic rings. The number of hydrogen-bond donors (Lipinski definition) is 0. The maximum absolute atomic E-state index is 13.7. The van der Waals surface area contributed by atoms with Gasteiger partial charge in [-0.3, -0.25) is 24.1 Å². The minimum absolute atomic E-state index is 0.200. The van der Waals surface area contributed by atoms with Gasteiger partial charge in [-0.05, 0) is 42.3 Å². The zero-order valence-corrected chi connectivity index (χ0v) is 19.6. The lowest BCUT2D eigenvalue weighted by molar-refractivity contribution is -0.137. The first kappa shape index (κ1) is 23.7. The maximum atomic E-state index is 13.7. The van der Waals surface area contributed by atoms with Crippen molar-refractivity contribution in [3.8, 4) is 0 Å². The van der Waals surface area contributed by atoms with Crippen molar-refractivity contribution in [3.05, 3.63) is 117 Å². The van der Waals surface area contributed by atoms with Gasteiger partial charge in [0.2, 0.25) is 5.95 Å². The normalized spacial score (nSPS) is 14.1. The van der Waals surface area contributed by atoms with Crippen molar-refractivity contribution in [3.63, 3.8) is 0 Å².